The number of ether oxygens (including phenoxy) is 1. The third kappa shape index (κ3) is 4.09. The van der Waals surface area contributed by atoms with Gasteiger partial charge in [-0.2, -0.15) is 0 Å². The van der Waals surface area contributed by atoms with Crippen LogP contribution in [-0.2, 0) is 9.53 Å². The zero-order valence-corrected chi connectivity index (χ0v) is 6.04. The van der Waals surface area contributed by atoms with Crippen LogP contribution in [-0.4, -0.2) is 23.8 Å². The normalized spacial score (nSPS) is 12.2. The van der Waals surface area contributed by atoms with E-state index in [4.69, 9.17) is 5.11 Å². The molecule has 0 aromatic rings. The average molecular weight is 144 g/mol. The highest BCUT2D eigenvalue weighted by Gasteiger charge is 2.06. The number of aliphatic hydroxyl groups is 1. The monoisotopic (exact) mass is 144 g/mol. The standard InChI is InChI=1S/C7H12O3/c1-3-6(8)5-7(9)10-4-2/h3,6,8H,1,4-5H2,2H3/t6-/m0/s1. The van der Waals surface area contributed by atoms with Crippen molar-refractivity contribution in [2.24, 2.45) is 0 Å². The summed E-state index contributed by atoms with van der Waals surface area (Å²) in [5.74, 6) is -0.394. The van der Waals surface area contributed by atoms with Crippen LogP contribution < -0.4 is 0 Å². The third-order valence-electron chi connectivity index (χ3n) is 0.953. The van der Waals surface area contributed by atoms with Gasteiger partial charge in [0.2, 0.25) is 0 Å². The van der Waals surface area contributed by atoms with Crippen LogP contribution in [0.25, 0.3) is 0 Å². The van der Waals surface area contributed by atoms with Crippen LogP contribution in [0.5, 0.6) is 0 Å². The quantitative estimate of drug-likeness (QED) is 0.461. The van der Waals surface area contributed by atoms with Gasteiger partial charge in [0.25, 0.3) is 0 Å². The van der Waals surface area contributed by atoms with Gasteiger partial charge in [0.05, 0.1) is 19.1 Å². The Morgan fingerprint density at radius 1 is 1.90 bits per heavy atom. The molecule has 0 rings (SSSR count). The van der Waals surface area contributed by atoms with Crippen molar-refractivity contribution in [2.75, 3.05) is 6.61 Å². The summed E-state index contributed by atoms with van der Waals surface area (Å²) in [6, 6.07) is 0. The van der Waals surface area contributed by atoms with Crippen LogP contribution in [0.15, 0.2) is 12.7 Å². The summed E-state index contributed by atoms with van der Waals surface area (Å²) in [4.78, 5) is 10.6. The maximum atomic E-state index is 10.6. The highest BCUT2D eigenvalue weighted by Crippen LogP contribution is 1.94. The van der Waals surface area contributed by atoms with E-state index >= 15 is 0 Å². The van der Waals surface area contributed by atoms with Gasteiger partial charge in [-0.05, 0) is 6.92 Å². The fraction of sp³-hybridized carbons (Fsp3) is 0.571. The number of esters is 1. The van der Waals surface area contributed by atoms with Gasteiger partial charge >= 0.3 is 5.97 Å². The SMILES string of the molecule is C=C[C@H](O)CC(=O)OCC. The largest absolute Gasteiger partial charge is 0.466 e. The fourth-order valence-corrected chi connectivity index (χ4v) is 0.474. The minimum absolute atomic E-state index is 0.00264. The van der Waals surface area contributed by atoms with Crippen LogP contribution >= 0.6 is 0 Å². The van der Waals surface area contributed by atoms with E-state index in [0.29, 0.717) is 6.61 Å². The second-order valence-corrected chi connectivity index (χ2v) is 1.81. The summed E-state index contributed by atoms with van der Waals surface area (Å²) >= 11 is 0. The Bertz CT molecular complexity index is 120. The first-order valence-electron chi connectivity index (χ1n) is 3.17. The molecule has 0 aliphatic carbocycles. The molecule has 1 N–H and O–H groups in total. The predicted molar refractivity (Wildman–Crippen MR) is 37.5 cm³/mol. The molecule has 0 amide bonds. The van der Waals surface area contributed by atoms with Gasteiger partial charge in [0.1, 0.15) is 0 Å². The Morgan fingerprint density at radius 3 is 2.90 bits per heavy atom. The lowest BCUT2D eigenvalue weighted by atomic mass is 10.2. The van der Waals surface area contributed by atoms with Crippen LogP contribution in [0.1, 0.15) is 13.3 Å². The summed E-state index contributed by atoms with van der Waals surface area (Å²) in [5, 5.41) is 8.84. The van der Waals surface area contributed by atoms with Gasteiger partial charge in [-0.3, -0.25) is 4.79 Å². The van der Waals surface area contributed by atoms with Crippen LogP contribution in [0.4, 0.5) is 0 Å². The molecule has 0 aliphatic heterocycles. The smallest absolute Gasteiger partial charge is 0.308 e. The van der Waals surface area contributed by atoms with Gasteiger partial charge < -0.3 is 9.84 Å². The molecule has 58 valence electrons. The minimum atomic E-state index is -0.779. The second kappa shape index (κ2) is 4.99. The number of aliphatic hydroxyl groups excluding tert-OH is 1. The van der Waals surface area contributed by atoms with Gasteiger partial charge in [0.15, 0.2) is 0 Å². The molecule has 0 aliphatic rings. The summed E-state index contributed by atoms with van der Waals surface area (Å²) < 4.78 is 4.57. The van der Waals surface area contributed by atoms with E-state index < -0.39 is 12.1 Å². The van der Waals surface area contributed by atoms with Gasteiger partial charge in [-0.15, -0.1) is 6.58 Å². The first-order valence-corrected chi connectivity index (χ1v) is 3.17. The molecule has 0 radical (unpaired) electrons. The number of hydrogen-bond donors (Lipinski definition) is 1. The molecule has 0 unspecified atom stereocenters. The van der Waals surface area contributed by atoms with E-state index in [9.17, 15) is 4.79 Å². The van der Waals surface area contributed by atoms with Crippen molar-refractivity contribution < 1.29 is 14.6 Å². The zero-order chi connectivity index (χ0) is 7.98. The maximum absolute atomic E-state index is 10.6. The summed E-state index contributed by atoms with van der Waals surface area (Å²) in [7, 11) is 0. The second-order valence-electron chi connectivity index (χ2n) is 1.81. The van der Waals surface area contributed by atoms with E-state index in [2.05, 4.69) is 11.3 Å². The van der Waals surface area contributed by atoms with Crippen molar-refractivity contribution in [3.05, 3.63) is 12.7 Å². The van der Waals surface area contributed by atoms with Crippen molar-refractivity contribution in [2.45, 2.75) is 19.4 Å². The van der Waals surface area contributed by atoms with Crippen molar-refractivity contribution in [3.8, 4) is 0 Å². The molecule has 1 atom stereocenters. The van der Waals surface area contributed by atoms with Crippen molar-refractivity contribution in [1.82, 2.24) is 0 Å². The van der Waals surface area contributed by atoms with E-state index in [0.717, 1.165) is 0 Å². The van der Waals surface area contributed by atoms with Gasteiger partial charge in [0, 0.05) is 0 Å². The van der Waals surface area contributed by atoms with Crippen LogP contribution in [0.2, 0.25) is 0 Å². The Labute approximate surface area is 60.3 Å². The molecule has 0 spiro atoms. The minimum Gasteiger partial charge on any atom is -0.466 e. The number of carbonyl (C=O) groups is 1. The number of rotatable bonds is 4. The lowest BCUT2D eigenvalue weighted by Crippen LogP contribution is -2.12. The molecule has 0 saturated carbocycles. The molecule has 3 heteroatoms. The van der Waals surface area contributed by atoms with Crippen LogP contribution in [0, 0.1) is 0 Å². The number of hydrogen-bond acceptors (Lipinski definition) is 3. The Kier molecular flexibility index (Phi) is 4.58. The van der Waals surface area contributed by atoms with Gasteiger partial charge in [-0.25, -0.2) is 0 Å². The Morgan fingerprint density at radius 2 is 2.50 bits per heavy atom. The van der Waals surface area contributed by atoms with E-state index in [1.807, 2.05) is 0 Å². The summed E-state index contributed by atoms with van der Waals surface area (Å²) in [5.41, 5.74) is 0. The van der Waals surface area contributed by atoms with E-state index in [1.54, 1.807) is 6.92 Å². The highest BCUT2D eigenvalue weighted by atomic mass is 16.5. The molecule has 0 bridgehead atoms. The van der Waals surface area contributed by atoms with Crippen molar-refractivity contribution >= 4 is 5.97 Å². The lowest BCUT2D eigenvalue weighted by Gasteiger charge is -2.03. The molecule has 0 aromatic heterocycles. The van der Waals surface area contributed by atoms with E-state index in [-0.39, 0.29) is 6.42 Å². The lowest BCUT2D eigenvalue weighted by molar-refractivity contribution is -0.144. The van der Waals surface area contributed by atoms with E-state index in [1.165, 1.54) is 6.08 Å². The molecular weight excluding hydrogens is 132 g/mol. The molecule has 10 heavy (non-hydrogen) atoms. The first-order chi connectivity index (χ1) is 4.70. The third-order valence-corrected chi connectivity index (χ3v) is 0.953. The van der Waals surface area contributed by atoms with Crippen molar-refractivity contribution in [1.29, 1.82) is 0 Å². The summed E-state index contributed by atoms with van der Waals surface area (Å²) in [6.07, 6.45) is 0.521. The Balaban J connectivity index is 3.46. The molecule has 3 nitrogen and oxygen atoms in total. The zero-order valence-electron chi connectivity index (χ0n) is 6.04. The fourth-order valence-electron chi connectivity index (χ4n) is 0.474. The van der Waals surface area contributed by atoms with Crippen molar-refractivity contribution in [3.63, 3.8) is 0 Å². The summed E-state index contributed by atoms with van der Waals surface area (Å²) in [6.45, 7) is 5.39. The topological polar surface area (TPSA) is 46.5 Å². The predicted octanol–water partition coefficient (Wildman–Crippen LogP) is 0.486. The molecule has 0 heterocycles. The molecule has 0 aromatic carbocycles. The first kappa shape index (κ1) is 9.17. The average Bonchev–Trinajstić information content (AvgIpc) is 1.88. The number of carbonyl (C=O) groups excluding carboxylic acids is 1. The molecule has 0 saturated heterocycles. The van der Waals surface area contributed by atoms with Crippen LogP contribution in [0.3, 0.4) is 0 Å². The Hall–Kier alpha value is -0.830. The molecular formula is C7H12O3. The highest BCUT2D eigenvalue weighted by molar-refractivity contribution is 5.70. The molecule has 0 fully saturated rings. The van der Waals surface area contributed by atoms with Gasteiger partial charge in [-0.1, -0.05) is 6.08 Å². The maximum Gasteiger partial charge on any atom is 0.308 e.